The second kappa shape index (κ2) is 6.21. The zero-order chi connectivity index (χ0) is 13.0. The largest absolute Gasteiger partial charge is 0.399 e. The minimum atomic E-state index is 0.870. The fourth-order valence-electron chi connectivity index (χ4n) is 2.79. The van der Waals surface area contributed by atoms with E-state index < -0.39 is 0 Å². The number of hydrogen-bond acceptors (Lipinski definition) is 3. The molecule has 1 aliphatic rings. The quantitative estimate of drug-likeness (QED) is 0.827. The molecule has 2 N–H and O–H groups in total. The van der Waals surface area contributed by atoms with Crippen molar-refractivity contribution < 1.29 is 0 Å². The molecule has 0 aliphatic carbocycles. The Balaban J connectivity index is 1.80. The van der Waals surface area contributed by atoms with Crippen molar-refractivity contribution >= 4 is 5.69 Å². The molecule has 0 bridgehead atoms. The molecule has 18 heavy (non-hydrogen) atoms. The van der Waals surface area contributed by atoms with E-state index in [4.69, 9.17) is 5.73 Å². The predicted molar refractivity (Wildman–Crippen MR) is 77.4 cm³/mol. The summed E-state index contributed by atoms with van der Waals surface area (Å²) in [5.41, 5.74) is 8.02. The maximum absolute atomic E-state index is 5.82. The maximum Gasteiger partial charge on any atom is 0.0317 e. The normalized spacial score (nSPS) is 18.4. The van der Waals surface area contributed by atoms with E-state index in [1.807, 2.05) is 12.1 Å². The number of nitrogen functional groups attached to an aromatic ring is 1. The molecule has 1 fully saturated rings. The molecule has 3 nitrogen and oxygen atoms in total. The van der Waals surface area contributed by atoms with Crippen molar-refractivity contribution in [2.24, 2.45) is 5.92 Å². The third-order valence-electron chi connectivity index (χ3n) is 3.69. The SMILES string of the molecule is CN(C)CC1CCN(Cc2cccc(N)c2)CC1. The molecule has 1 aliphatic heterocycles. The van der Waals surface area contributed by atoms with Crippen LogP contribution in [0.2, 0.25) is 0 Å². The van der Waals surface area contributed by atoms with Gasteiger partial charge in [-0.2, -0.15) is 0 Å². The van der Waals surface area contributed by atoms with Gasteiger partial charge in [0.05, 0.1) is 0 Å². The summed E-state index contributed by atoms with van der Waals surface area (Å²) in [5.74, 6) is 0.872. The Morgan fingerprint density at radius 3 is 2.61 bits per heavy atom. The lowest BCUT2D eigenvalue weighted by Gasteiger charge is -2.33. The van der Waals surface area contributed by atoms with Crippen molar-refractivity contribution in [2.45, 2.75) is 19.4 Å². The minimum absolute atomic E-state index is 0.870. The van der Waals surface area contributed by atoms with Crippen molar-refractivity contribution in [1.29, 1.82) is 0 Å². The molecule has 0 atom stereocenters. The average Bonchev–Trinajstić information content (AvgIpc) is 2.31. The van der Waals surface area contributed by atoms with Crippen LogP contribution in [0.25, 0.3) is 0 Å². The second-order valence-corrected chi connectivity index (χ2v) is 5.73. The van der Waals surface area contributed by atoms with E-state index in [1.165, 1.54) is 38.0 Å². The van der Waals surface area contributed by atoms with Gasteiger partial charge < -0.3 is 10.6 Å². The minimum Gasteiger partial charge on any atom is -0.399 e. The van der Waals surface area contributed by atoms with Crippen molar-refractivity contribution in [3.63, 3.8) is 0 Å². The van der Waals surface area contributed by atoms with Crippen LogP contribution in [0.1, 0.15) is 18.4 Å². The summed E-state index contributed by atoms with van der Waals surface area (Å²) in [4.78, 5) is 4.85. The highest BCUT2D eigenvalue weighted by Gasteiger charge is 2.19. The van der Waals surface area contributed by atoms with E-state index >= 15 is 0 Å². The standard InChI is InChI=1S/C15H25N3/c1-17(2)11-13-6-8-18(9-7-13)12-14-4-3-5-15(16)10-14/h3-5,10,13H,6-9,11-12,16H2,1-2H3. The van der Waals surface area contributed by atoms with Crippen LogP contribution in [0, 0.1) is 5.92 Å². The van der Waals surface area contributed by atoms with E-state index in [-0.39, 0.29) is 0 Å². The Bertz CT molecular complexity index is 368. The van der Waals surface area contributed by atoms with E-state index in [9.17, 15) is 0 Å². The van der Waals surface area contributed by atoms with Gasteiger partial charge in [0.15, 0.2) is 0 Å². The monoisotopic (exact) mass is 247 g/mol. The fourth-order valence-corrected chi connectivity index (χ4v) is 2.79. The summed E-state index contributed by atoms with van der Waals surface area (Å²) in [7, 11) is 4.33. The van der Waals surface area contributed by atoms with E-state index in [1.54, 1.807) is 0 Å². The number of nitrogens with zero attached hydrogens (tertiary/aromatic N) is 2. The Hall–Kier alpha value is -1.06. The molecule has 2 rings (SSSR count). The van der Waals surface area contributed by atoms with Gasteiger partial charge in [0, 0.05) is 18.8 Å². The van der Waals surface area contributed by atoms with Crippen LogP contribution in [-0.2, 0) is 6.54 Å². The predicted octanol–water partition coefficient (Wildman–Crippen LogP) is 2.04. The maximum atomic E-state index is 5.82. The van der Waals surface area contributed by atoms with Crippen LogP contribution in [0.3, 0.4) is 0 Å². The van der Waals surface area contributed by atoms with Crippen molar-refractivity contribution in [3.05, 3.63) is 29.8 Å². The molecule has 100 valence electrons. The topological polar surface area (TPSA) is 32.5 Å². The molecular weight excluding hydrogens is 222 g/mol. The van der Waals surface area contributed by atoms with Crippen LogP contribution < -0.4 is 5.73 Å². The Morgan fingerprint density at radius 1 is 1.28 bits per heavy atom. The lowest BCUT2D eigenvalue weighted by molar-refractivity contribution is 0.157. The van der Waals surface area contributed by atoms with Gasteiger partial charge in [0.2, 0.25) is 0 Å². The van der Waals surface area contributed by atoms with Gasteiger partial charge in [-0.1, -0.05) is 12.1 Å². The number of piperidine rings is 1. The summed E-state index contributed by atoms with van der Waals surface area (Å²) in [6.45, 7) is 4.70. The van der Waals surface area contributed by atoms with Gasteiger partial charge in [0.1, 0.15) is 0 Å². The molecular formula is C15H25N3. The molecule has 1 aromatic carbocycles. The first-order valence-corrected chi connectivity index (χ1v) is 6.85. The van der Waals surface area contributed by atoms with Crippen LogP contribution in [-0.4, -0.2) is 43.5 Å². The van der Waals surface area contributed by atoms with Gasteiger partial charge in [0.25, 0.3) is 0 Å². The summed E-state index contributed by atoms with van der Waals surface area (Å²) >= 11 is 0. The van der Waals surface area contributed by atoms with Crippen molar-refractivity contribution in [3.8, 4) is 0 Å². The van der Waals surface area contributed by atoms with E-state index in [0.717, 1.165) is 18.2 Å². The van der Waals surface area contributed by atoms with Gasteiger partial charge >= 0.3 is 0 Å². The summed E-state index contributed by atoms with van der Waals surface area (Å²) in [6, 6.07) is 8.25. The first kappa shape index (κ1) is 13.4. The zero-order valence-corrected chi connectivity index (χ0v) is 11.6. The van der Waals surface area contributed by atoms with Crippen LogP contribution >= 0.6 is 0 Å². The van der Waals surface area contributed by atoms with E-state index in [2.05, 4.69) is 36.0 Å². The lowest BCUT2D eigenvalue weighted by Crippen LogP contribution is -2.36. The van der Waals surface area contributed by atoms with E-state index in [0.29, 0.717) is 0 Å². The molecule has 1 aromatic rings. The molecule has 1 heterocycles. The smallest absolute Gasteiger partial charge is 0.0317 e. The Morgan fingerprint density at radius 2 is 2.00 bits per heavy atom. The number of anilines is 1. The highest BCUT2D eigenvalue weighted by Crippen LogP contribution is 2.20. The number of nitrogens with two attached hydrogens (primary N) is 1. The van der Waals surface area contributed by atoms with Crippen molar-refractivity contribution in [1.82, 2.24) is 9.80 Å². The summed E-state index contributed by atoms with van der Waals surface area (Å²) in [5, 5.41) is 0. The second-order valence-electron chi connectivity index (χ2n) is 5.73. The number of hydrogen-bond donors (Lipinski definition) is 1. The Kier molecular flexibility index (Phi) is 4.61. The molecule has 0 unspecified atom stereocenters. The molecule has 0 radical (unpaired) electrons. The molecule has 0 amide bonds. The lowest BCUT2D eigenvalue weighted by atomic mass is 9.96. The van der Waals surface area contributed by atoms with Gasteiger partial charge in [-0.3, -0.25) is 4.90 Å². The zero-order valence-electron chi connectivity index (χ0n) is 11.6. The number of benzene rings is 1. The fraction of sp³-hybridized carbons (Fsp3) is 0.600. The first-order valence-electron chi connectivity index (χ1n) is 6.85. The van der Waals surface area contributed by atoms with Crippen LogP contribution in [0.15, 0.2) is 24.3 Å². The highest BCUT2D eigenvalue weighted by molar-refractivity contribution is 5.40. The average molecular weight is 247 g/mol. The third-order valence-corrected chi connectivity index (χ3v) is 3.69. The molecule has 0 spiro atoms. The highest BCUT2D eigenvalue weighted by atomic mass is 15.1. The number of likely N-dealkylation sites (tertiary alicyclic amines) is 1. The summed E-state index contributed by atoms with van der Waals surface area (Å²) in [6.07, 6.45) is 2.64. The van der Waals surface area contributed by atoms with Gasteiger partial charge in [-0.15, -0.1) is 0 Å². The number of rotatable bonds is 4. The molecule has 1 saturated heterocycles. The van der Waals surface area contributed by atoms with Gasteiger partial charge in [-0.05, 0) is 63.6 Å². The van der Waals surface area contributed by atoms with Crippen LogP contribution in [0.5, 0.6) is 0 Å². The molecule has 3 heteroatoms. The Labute approximate surface area is 111 Å². The summed E-state index contributed by atoms with van der Waals surface area (Å²) < 4.78 is 0. The third kappa shape index (κ3) is 4.00. The van der Waals surface area contributed by atoms with Crippen molar-refractivity contribution in [2.75, 3.05) is 39.5 Å². The van der Waals surface area contributed by atoms with Gasteiger partial charge in [-0.25, -0.2) is 0 Å². The molecule has 0 aromatic heterocycles. The van der Waals surface area contributed by atoms with Crippen LogP contribution in [0.4, 0.5) is 5.69 Å². The molecule has 0 saturated carbocycles. The first-order chi connectivity index (χ1) is 8.63.